The molecule has 0 radical (unpaired) electrons. The monoisotopic (exact) mass is 724 g/mol. The predicted molar refractivity (Wildman–Crippen MR) is 196 cm³/mol. The summed E-state index contributed by atoms with van der Waals surface area (Å²) >= 11 is 15.2. The molecule has 1 heterocycles. The molecule has 0 spiro atoms. The second-order valence-corrected chi connectivity index (χ2v) is 13.8. The van der Waals surface area contributed by atoms with Crippen molar-refractivity contribution in [3.8, 4) is 11.1 Å². The van der Waals surface area contributed by atoms with Gasteiger partial charge in [-0.05, 0) is 106 Å². The van der Waals surface area contributed by atoms with Crippen LogP contribution in [0.4, 0.5) is 11.4 Å². The summed E-state index contributed by atoms with van der Waals surface area (Å²) < 4.78 is 12.9. The van der Waals surface area contributed by atoms with Crippen LogP contribution in [0.5, 0.6) is 0 Å². The number of aryl methyl sites for hydroxylation is 1. The van der Waals surface area contributed by atoms with Crippen LogP contribution in [0.3, 0.4) is 0 Å². The van der Waals surface area contributed by atoms with Gasteiger partial charge in [-0.25, -0.2) is 0 Å². The van der Waals surface area contributed by atoms with E-state index in [0.29, 0.717) is 17.1 Å². The number of ketones is 1. The van der Waals surface area contributed by atoms with Crippen molar-refractivity contribution in [2.45, 2.75) is 66.1 Å². The number of rotatable bonds is 5. The molecule has 3 N–H and O–H groups in total. The van der Waals surface area contributed by atoms with E-state index in [1.165, 1.54) is 6.92 Å². The maximum Gasteiger partial charge on any atom is 0.494 e. The topological polar surface area (TPSA) is 90.7 Å². The van der Waals surface area contributed by atoms with Crippen LogP contribution in [0, 0.1) is 6.92 Å². The van der Waals surface area contributed by atoms with E-state index < -0.39 is 0 Å². The molecular weight excluding hydrogens is 686 g/mol. The lowest BCUT2D eigenvalue weighted by Gasteiger charge is -2.32. The average molecular weight is 726 g/mol. The van der Waals surface area contributed by atoms with Crippen molar-refractivity contribution in [2.75, 3.05) is 11.1 Å². The molecule has 242 valence electrons. The number of benzene rings is 4. The van der Waals surface area contributed by atoms with Gasteiger partial charge in [-0.3, -0.25) is 9.59 Å². The van der Waals surface area contributed by atoms with Gasteiger partial charge in [0.25, 0.3) is 0 Å². The predicted octanol–water partition coefficient (Wildman–Crippen LogP) is 9.08. The van der Waals surface area contributed by atoms with Gasteiger partial charge in [-0.1, -0.05) is 87.7 Å². The molecule has 0 saturated carbocycles. The molecule has 46 heavy (non-hydrogen) atoms. The first kappa shape index (κ1) is 37.3. The van der Waals surface area contributed by atoms with E-state index in [2.05, 4.69) is 48.9 Å². The maximum atomic E-state index is 11.1. The van der Waals surface area contributed by atoms with Crippen molar-refractivity contribution in [1.82, 2.24) is 0 Å². The van der Waals surface area contributed by atoms with Crippen LogP contribution >= 0.6 is 39.1 Å². The molecular formula is C36H40BBrCl2N2O4. The second-order valence-electron chi connectivity index (χ2n) is 12.1. The first-order valence-electron chi connectivity index (χ1n) is 14.8. The zero-order chi connectivity index (χ0) is 34.2. The first-order chi connectivity index (χ1) is 21.5. The molecule has 1 fully saturated rings. The number of hydrogen-bond acceptors (Lipinski definition) is 5. The molecule has 4 aromatic rings. The van der Waals surface area contributed by atoms with Gasteiger partial charge in [-0.15, -0.1) is 0 Å². The lowest BCUT2D eigenvalue weighted by molar-refractivity contribution is -0.116. The molecule has 0 bridgehead atoms. The Balaban J connectivity index is 0.000000194. The van der Waals surface area contributed by atoms with Gasteiger partial charge in [-0.2, -0.15) is 0 Å². The average Bonchev–Trinajstić information content (AvgIpc) is 3.18. The third kappa shape index (κ3) is 10.7. The summed E-state index contributed by atoms with van der Waals surface area (Å²) in [6, 6.07) is 26.8. The van der Waals surface area contributed by atoms with Crippen LogP contribution in [0.1, 0.15) is 52.7 Å². The number of nitrogens with two attached hydrogens (primary N) is 1. The highest BCUT2D eigenvalue weighted by molar-refractivity contribution is 9.10. The van der Waals surface area contributed by atoms with Crippen LogP contribution < -0.4 is 16.5 Å². The highest BCUT2D eigenvalue weighted by Gasteiger charge is 2.51. The first-order valence-corrected chi connectivity index (χ1v) is 16.3. The van der Waals surface area contributed by atoms with Crippen molar-refractivity contribution < 1.29 is 18.9 Å². The standard InChI is InChI=1S/C15H14ClNO.C13H18BClO2.C8H8BrNO/c1-10(18)7-11-3-2-4-12(8-11)13-5-6-14(16)15(17)9-13;1-9-8-10(6-7-11(9)15)14-16-12(2,3)13(4,5)17-14;1-6(11)10-8-4-2-3-7(9)5-8/h2-6,8-9H,7,17H2,1H3;6-8H,1-5H3;2-5H,1H3,(H,10,11). The van der Waals surface area contributed by atoms with Gasteiger partial charge in [0.1, 0.15) is 5.78 Å². The van der Waals surface area contributed by atoms with Gasteiger partial charge < -0.3 is 20.4 Å². The summed E-state index contributed by atoms with van der Waals surface area (Å²) in [7, 11) is -0.309. The molecule has 1 aliphatic heterocycles. The van der Waals surface area contributed by atoms with E-state index >= 15 is 0 Å². The van der Waals surface area contributed by atoms with E-state index in [4.69, 9.17) is 38.2 Å². The van der Waals surface area contributed by atoms with Crippen LogP contribution in [0.25, 0.3) is 11.1 Å². The Morgan fingerprint density at radius 1 is 0.826 bits per heavy atom. The smallest absolute Gasteiger partial charge is 0.399 e. The summed E-state index contributed by atoms with van der Waals surface area (Å²) in [6.45, 7) is 13.3. The fourth-order valence-electron chi connectivity index (χ4n) is 4.43. The number of hydrogen-bond donors (Lipinski definition) is 2. The fraction of sp³-hybridized carbons (Fsp3) is 0.278. The van der Waals surface area contributed by atoms with Gasteiger partial charge >= 0.3 is 7.12 Å². The zero-order valence-corrected chi connectivity index (χ0v) is 30.3. The summed E-state index contributed by atoms with van der Waals surface area (Å²) in [5, 5.41) is 4.00. The van der Waals surface area contributed by atoms with Crippen molar-refractivity contribution >= 4 is 74.8 Å². The molecule has 4 aromatic carbocycles. The Labute approximate surface area is 291 Å². The third-order valence-corrected chi connectivity index (χ3v) is 8.82. The normalized spacial score (nSPS) is 14.3. The van der Waals surface area contributed by atoms with Gasteiger partial charge in [0, 0.05) is 28.5 Å². The quantitative estimate of drug-likeness (QED) is 0.158. The lowest BCUT2D eigenvalue weighted by atomic mass is 9.78. The Bertz CT molecular complexity index is 1680. The molecule has 0 aromatic heterocycles. The Hall–Kier alpha value is -3.14. The number of nitrogens with one attached hydrogen (secondary N) is 1. The number of carbonyl (C=O) groups excluding carboxylic acids is 2. The van der Waals surface area contributed by atoms with Crippen LogP contribution in [-0.4, -0.2) is 30.0 Å². The van der Waals surface area contributed by atoms with Crippen molar-refractivity contribution in [1.29, 1.82) is 0 Å². The number of nitrogen functional groups attached to an aromatic ring is 1. The minimum absolute atomic E-state index is 0.0527. The third-order valence-electron chi connectivity index (χ3n) is 7.56. The van der Waals surface area contributed by atoms with E-state index in [-0.39, 0.29) is 30.0 Å². The van der Waals surface area contributed by atoms with Crippen LogP contribution in [-0.2, 0) is 25.3 Å². The number of amides is 1. The van der Waals surface area contributed by atoms with Crippen LogP contribution in [0.15, 0.2) is 89.4 Å². The summed E-state index contributed by atoms with van der Waals surface area (Å²) in [5.74, 6) is 0.103. The molecule has 0 atom stereocenters. The van der Waals surface area contributed by atoms with E-state index in [1.54, 1.807) is 13.0 Å². The number of Topliss-reactive ketones (excluding diaryl/α,β-unsaturated/α-hetero) is 1. The molecule has 1 amide bonds. The van der Waals surface area contributed by atoms with Crippen LogP contribution in [0.2, 0.25) is 10.0 Å². The fourth-order valence-corrected chi connectivity index (χ4v) is 5.07. The van der Waals surface area contributed by atoms with E-state index in [1.807, 2.05) is 85.8 Å². The minimum Gasteiger partial charge on any atom is -0.399 e. The Morgan fingerprint density at radius 2 is 1.43 bits per heavy atom. The zero-order valence-electron chi connectivity index (χ0n) is 27.2. The maximum absolute atomic E-state index is 11.1. The van der Waals surface area contributed by atoms with E-state index in [0.717, 1.165) is 42.9 Å². The second kappa shape index (κ2) is 16.1. The molecule has 10 heteroatoms. The van der Waals surface area contributed by atoms with E-state index in [9.17, 15) is 9.59 Å². The highest BCUT2D eigenvalue weighted by atomic mass is 79.9. The Kier molecular flexibility index (Phi) is 13.1. The van der Waals surface area contributed by atoms with Gasteiger partial charge in [0.15, 0.2) is 0 Å². The van der Waals surface area contributed by atoms with Crippen molar-refractivity contribution in [2.24, 2.45) is 0 Å². The molecule has 0 aliphatic carbocycles. The SMILES string of the molecule is CC(=O)Cc1cccc(-c2ccc(Cl)c(N)c2)c1.CC(=O)Nc1cccc(Br)c1.Cc1cc(B2OC(C)(C)C(C)(C)O2)ccc1Cl. The van der Waals surface area contributed by atoms with Crippen molar-refractivity contribution in [3.63, 3.8) is 0 Å². The number of halogens is 3. The molecule has 1 saturated heterocycles. The summed E-state index contributed by atoms with van der Waals surface area (Å²) in [5.41, 5.74) is 11.7. The summed E-state index contributed by atoms with van der Waals surface area (Å²) in [6.07, 6.45) is 0.455. The number of carbonyl (C=O) groups is 2. The minimum atomic E-state index is -0.309. The summed E-state index contributed by atoms with van der Waals surface area (Å²) in [4.78, 5) is 21.7. The van der Waals surface area contributed by atoms with Crippen molar-refractivity contribution in [3.05, 3.63) is 111 Å². The Morgan fingerprint density at radius 3 is 2.00 bits per heavy atom. The lowest BCUT2D eigenvalue weighted by Crippen LogP contribution is -2.41. The highest BCUT2D eigenvalue weighted by Crippen LogP contribution is 2.36. The van der Waals surface area contributed by atoms with Gasteiger partial charge in [0.05, 0.1) is 21.9 Å². The molecule has 1 aliphatic rings. The largest absolute Gasteiger partial charge is 0.494 e. The molecule has 0 unspecified atom stereocenters. The molecule has 6 nitrogen and oxygen atoms in total. The number of anilines is 2. The van der Waals surface area contributed by atoms with Gasteiger partial charge in [0.2, 0.25) is 5.91 Å². The molecule has 5 rings (SSSR count).